The van der Waals surface area contributed by atoms with E-state index in [0.29, 0.717) is 5.69 Å². The van der Waals surface area contributed by atoms with Gasteiger partial charge < -0.3 is 30.4 Å². The van der Waals surface area contributed by atoms with Crippen LogP contribution in [0.2, 0.25) is 0 Å². The molecule has 1 atom stereocenters. The Morgan fingerprint density at radius 2 is 1.53 bits per heavy atom. The van der Waals surface area contributed by atoms with Crippen LogP contribution in [-0.2, 0) is 11.3 Å². The Morgan fingerprint density at radius 1 is 0.867 bits per heavy atom. The summed E-state index contributed by atoms with van der Waals surface area (Å²) in [5.74, 6) is -0.457. The fraction of sp³-hybridized carbons (Fsp3) is 0.412. The van der Waals surface area contributed by atoms with Crippen LogP contribution in [0.5, 0.6) is 5.75 Å². The molecule has 3 rings (SSSR count). The zero-order valence-corrected chi connectivity index (χ0v) is 28.3. The number of hydrogen-bond acceptors (Lipinski definition) is 6. The number of para-hydroxylation sites is 1. The van der Waals surface area contributed by atoms with E-state index in [4.69, 9.17) is 9.92 Å². The van der Waals surface area contributed by atoms with Gasteiger partial charge in [0.15, 0.2) is 5.75 Å². The van der Waals surface area contributed by atoms with E-state index in [1.54, 1.807) is 18.2 Å². The van der Waals surface area contributed by atoms with Crippen molar-refractivity contribution in [2.45, 2.75) is 60.3 Å². The number of rotatable bonds is 16. The minimum Gasteiger partial charge on any atom is -0.384 e. The second-order valence-corrected chi connectivity index (χ2v) is 11.3. The van der Waals surface area contributed by atoms with E-state index in [2.05, 4.69) is 66.0 Å². The van der Waals surface area contributed by atoms with Gasteiger partial charge in [0.05, 0.1) is 5.56 Å². The Kier molecular flexibility index (Phi) is 16.3. The van der Waals surface area contributed by atoms with Crippen molar-refractivity contribution in [2.75, 3.05) is 53.1 Å². The number of benzene rings is 3. The van der Waals surface area contributed by atoms with Gasteiger partial charge in [-0.2, -0.15) is 4.21 Å². The zero-order valence-electron chi connectivity index (χ0n) is 27.5. The van der Waals surface area contributed by atoms with Crippen LogP contribution in [-0.4, -0.2) is 49.4 Å². The third-order valence-electron chi connectivity index (χ3n) is 7.20. The van der Waals surface area contributed by atoms with E-state index in [0.717, 1.165) is 49.5 Å². The van der Waals surface area contributed by atoms with Gasteiger partial charge in [-0.25, -0.2) is 4.79 Å². The summed E-state index contributed by atoms with van der Waals surface area (Å²) < 4.78 is 20.1. The van der Waals surface area contributed by atoms with Gasteiger partial charge in [-0.3, -0.25) is 9.52 Å². The molecule has 0 saturated heterocycles. The molecule has 0 heterocycles. The maximum Gasteiger partial charge on any atom is 0.319 e. The summed E-state index contributed by atoms with van der Waals surface area (Å²) in [6.07, 6.45) is 4.66. The molecule has 0 radical (unpaired) electrons. The largest absolute Gasteiger partial charge is 0.384 e. The second-order valence-electron chi connectivity index (χ2n) is 10.5. The standard InChI is InChI=1S/C17H21N3O3S.C17H29N3O/c1-3-20(4-2)14-11-9-13(10-12-14)19-24(22)23-16-8-6-5-7-15(16)17(18)21;1-5-7-8-9-12-18-17(21)19-16-11-10-15(13-14(16)3)20(4)6-2/h5-12,19H,3-4H2,1-2H3,(H2,18,21);10-11,13H,5-9,12H2,1-4H3,(H2,18,19,21). The van der Waals surface area contributed by atoms with Gasteiger partial charge in [0, 0.05) is 56.0 Å². The molecule has 10 nitrogen and oxygen atoms in total. The van der Waals surface area contributed by atoms with E-state index in [1.807, 2.05) is 43.3 Å². The van der Waals surface area contributed by atoms with Gasteiger partial charge in [-0.05, 0) is 94.3 Å². The molecule has 11 heteroatoms. The molecule has 0 fully saturated rings. The summed E-state index contributed by atoms with van der Waals surface area (Å²) in [5, 5.41) is 5.82. The molecule has 0 aliphatic carbocycles. The zero-order chi connectivity index (χ0) is 33.2. The lowest BCUT2D eigenvalue weighted by molar-refractivity contribution is 0.0999. The predicted molar refractivity (Wildman–Crippen MR) is 189 cm³/mol. The number of hydrogen-bond donors (Lipinski definition) is 4. The normalized spacial score (nSPS) is 11.0. The molecule has 0 aliphatic heterocycles. The van der Waals surface area contributed by atoms with Crippen molar-refractivity contribution in [3.8, 4) is 5.75 Å². The number of carbonyl (C=O) groups is 2. The Labute approximate surface area is 271 Å². The van der Waals surface area contributed by atoms with Gasteiger partial charge in [0.1, 0.15) is 0 Å². The first-order valence-electron chi connectivity index (χ1n) is 15.6. The number of urea groups is 1. The van der Waals surface area contributed by atoms with Crippen molar-refractivity contribution >= 4 is 46.0 Å². The van der Waals surface area contributed by atoms with Crippen LogP contribution in [0.1, 0.15) is 69.3 Å². The average molecular weight is 639 g/mol. The number of nitrogens with two attached hydrogens (primary N) is 1. The van der Waals surface area contributed by atoms with Crippen LogP contribution in [0.15, 0.2) is 66.7 Å². The highest BCUT2D eigenvalue weighted by Gasteiger charge is 2.12. The molecular formula is C34H50N6O4S. The number of primary amides is 1. The smallest absolute Gasteiger partial charge is 0.319 e. The number of anilines is 4. The first kappa shape index (κ1) is 36.9. The molecule has 45 heavy (non-hydrogen) atoms. The fourth-order valence-electron chi connectivity index (χ4n) is 4.40. The fourth-order valence-corrected chi connectivity index (χ4v) is 5.08. The summed E-state index contributed by atoms with van der Waals surface area (Å²) in [6.45, 7) is 14.0. The molecule has 3 aromatic rings. The van der Waals surface area contributed by atoms with Crippen molar-refractivity contribution in [2.24, 2.45) is 5.73 Å². The average Bonchev–Trinajstić information content (AvgIpc) is 3.03. The summed E-state index contributed by atoms with van der Waals surface area (Å²) in [5.41, 5.74) is 10.3. The van der Waals surface area contributed by atoms with Crippen molar-refractivity contribution in [1.29, 1.82) is 0 Å². The second kappa shape index (κ2) is 19.9. The Hall–Kier alpha value is -4.25. The SMILES string of the molecule is CCCCCCNC(=O)Nc1ccc(N(C)CC)cc1C.CCN(CC)c1ccc(NS(=O)Oc2ccccc2C(N)=O)cc1. The molecular weight excluding hydrogens is 588 g/mol. The summed E-state index contributed by atoms with van der Waals surface area (Å²) in [4.78, 5) is 27.6. The van der Waals surface area contributed by atoms with E-state index in [1.165, 1.54) is 31.0 Å². The van der Waals surface area contributed by atoms with Gasteiger partial charge in [-0.15, -0.1) is 0 Å². The van der Waals surface area contributed by atoms with Crippen LogP contribution < -0.4 is 35.1 Å². The molecule has 3 amide bonds. The quantitative estimate of drug-likeness (QED) is 0.127. The van der Waals surface area contributed by atoms with E-state index < -0.39 is 17.2 Å². The molecule has 0 aromatic heterocycles. The number of carbonyl (C=O) groups excluding carboxylic acids is 2. The molecule has 0 bridgehead atoms. The van der Waals surface area contributed by atoms with Gasteiger partial charge in [-0.1, -0.05) is 38.3 Å². The van der Waals surface area contributed by atoms with Crippen molar-refractivity contribution in [1.82, 2.24) is 5.32 Å². The highest BCUT2D eigenvalue weighted by Crippen LogP contribution is 2.23. The Morgan fingerprint density at radius 3 is 2.13 bits per heavy atom. The van der Waals surface area contributed by atoms with Crippen molar-refractivity contribution in [3.63, 3.8) is 0 Å². The lowest BCUT2D eigenvalue weighted by atomic mass is 10.1. The minimum absolute atomic E-state index is 0.119. The molecule has 0 aliphatic rings. The third-order valence-corrected chi connectivity index (χ3v) is 7.94. The van der Waals surface area contributed by atoms with Crippen molar-refractivity contribution < 1.29 is 18.0 Å². The number of aryl methyl sites for hydroxylation is 1. The molecule has 246 valence electrons. The topological polar surface area (TPSA) is 129 Å². The van der Waals surface area contributed by atoms with E-state index in [9.17, 15) is 13.8 Å². The van der Waals surface area contributed by atoms with Gasteiger partial charge in [0.25, 0.3) is 5.91 Å². The van der Waals surface area contributed by atoms with Crippen LogP contribution in [0.25, 0.3) is 0 Å². The third kappa shape index (κ3) is 12.7. The maximum atomic E-state index is 12.1. The first-order chi connectivity index (χ1) is 21.6. The van der Waals surface area contributed by atoms with Crippen LogP contribution in [0.3, 0.4) is 0 Å². The first-order valence-corrected chi connectivity index (χ1v) is 16.7. The number of nitrogens with one attached hydrogen (secondary N) is 3. The minimum atomic E-state index is -1.84. The summed E-state index contributed by atoms with van der Waals surface area (Å²) >= 11 is -1.84. The summed E-state index contributed by atoms with van der Waals surface area (Å²) in [6, 6.07) is 19.9. The van der Waals surface area contributed by atoms with Gasteiger partial charge in [0.2, 0.25) is 0 Å². The maximum absolute atomic E-state index is 12.1. The molecule has 3 aromatic carbocycles. The highest BCUT2D eigenvalue weighted by molar-refractivity contribution is 7.82. The van der Waals surface area contributed by atoms with Crippen molar-refractivity contribution in [3.05, 3.63) is 77.9 Å². The number of amides is 3. The van der Waals surface area contributed by atoms with Gasteiger partial charge >= 0.3 is 17.3 Å². The monoisotopic (exact) mass is 638 g/mol. The Balaban J connectivity index is 0.000000317. The summed E-state index contributed by atoms with van der Waals surface area (Å²) in [7, 11) is 2.06. The highest BCUT2D eigenvalue weighted by atomic mass is 32.2. The number of nitrogens with zero attached hydrogens (tertiary/aromatic N) is 2. The molecule has 1 unspecified atom stereocenters. The Bertz CT molecular complexity index is 1370. The molecule has 5 N–H and O–H groups in total. The van der Waals surface area contributed by atoms with Crippen LogP contribution in [0, 0.1) is 6.92 Å². The van der Waals surface area contributed by atoms with E-state index >= 15 is 0 Å². The molecule has 0 spiro atoms. The lowest BCUT2D eigenvalue weighted by Crippen LogP contribution is -2.29. The van der Waals surface area contributed by atoms with Crippen LogP contribution in [0.4, 0.5) is 27.5 Å². The predicted octanol–water partition coefficient (Wildman–Crippen LogP) is 6.85. The lowest BCUT2D eigenvalue weighted by Gasteiger charge is -2.21. The molecule has 0 saturated carbocycles. The van der Waals surface area contributed by atoms with E-state index in [-0.39, 0.29) is 17.3 Å². The van der Waals surface area contributed by atoms with Crippen LogP contribution >= 0.6 is 0 Å². The number of unbranched alkanes of at least 4 members (excludes halogenated alkanes) is 3.